The Morgan fingerprint density at radius 1 is 1.20 bits per heavy atom. The van der Waals surface area contributed by atoms with Gasteiger partial charge in [0.1, 0.15) is 5.72 Å². The highest BCUT2D eigenvalue weighted by Gasteiger charge is 2.31. The van der Waals surface area contributed by atoms with Gasteiger partial charge in [-0.25, -0.2) is 0 Å². The summed E-state index contributed by atoms with van der Waals surface area (Å²) in [5.41, 5.74) is 0.0531. The fourth-order valence-electron chi connectivity index (χ4n) is 1.94. The zero-order valence-corrected chi connectivity index (χ0v) is 9.02. The third-order valence-corrected chi connectivity index (χ3v) is 2.95. The summed E-state index contributed by atoms with van der Waals surface area (Å²) in [6.07, 6.45) is 0. The van der Waals surface area contributed by atoms with Crippen LogP contribution >= 0.6 is 0 Å². The van der Waals surface area contributed by atoms with Crippen molar-refractivity contribution in [2.45, 2.75) is 12.6 Å². The van der Waals surface area contributed by atoms with Crippen LogP contribution in [0.25, 0.3) is 0 Å². The Labute approximate surface area is 90.3 Å². The lowest BCUT2D eigenvalue weighted by Crippen LogP contribution is -2.49. The minimum absolute atomic E-state index is 0.697. The zero-order valence-electron chi connectivity index (χ0n) is 9.02. The van der Waals surface area contributed by atoms with Gasteiger partial charge in [-0.1, -0.05) is 30.3 Å². The Kier molecular flexibility index (Phi) is 3.05. The summed E-state index contributed by atoms with van der Waals surface area (Å²) in [6, 6.07) is 9.76. The van der Waals surface area contributed by atoms with Crippen molar-refractivity contribution in [1.29, 1.82) is 0 Å². The van der Waals surface area contributed by atoms with Crippen LogP contribution in [0.5, 0.6) is 0 Å². The van der Waals surface area contributed by atoms with Gasteiger partial charge in [0.15, 0.2) is 0 Å². The first kappa shape index (κ1) is 10.6. The van der Waals surface area contributed by atoms with E-state index in [1.165, 1.54) is 0 Å². The standard InChI is InChI=1S/C12H17NO2/c1-12(14,11-5-3-2-4-6-11)13-7-9-15-10-8-13/h2-6,14H,7-10H2,1H3. The van der Waals surface area contributed by atoms with E-state index in [2.05, 4.69) is 0 Å². The molecule has 3 nitrogen and oxygen atoms in total. The minimum atomic E-state index is -0.884. The smallest absolute Gasteiger partial charge is 0.141 e. The third-order valence-electron chi connectivity index (χ3n) is 2.95. The molecule has 1 N–H and O–H groups in total. The molecular weight excluding hydrogens is 190 g/mol. The summed E-state index contributed by atoms with van der Waals surface area (Å²) in [5.74, 6) is 0. The summed E-state index contributed by atoms with van der Waals surface area (Å²) in [6.45, 7) is 4.80. The number of nitrogens with zero attached hydrogens (tertiary/aromatic N) is 1. The number of morpholine rings is 1. The van der Waals surface area contributed by atoms with Gasteiger partial charge in [-0.3, -0.25) is 4.90 Å². The summed E-state index contributed by atoms with van der Waals surface area (Å²) >= 11 is 0. The van der Waals surface area contributed by atoms with Gasteiger partial charge in [0.05, 0.1) is 13.2 Å². The lowest BCUT2D eigenvalue weighted by atomic mass is 10.0. The molecule has 1 aliphatic heterocycles. The monoisotopic (exact) mass is 207 g/mol. The molecule has 1 fully saturated rings. The number of hydrogen-bond donors (Lipinski definition) is 1. The molecule has 0 saturated carbocycles. The van der Waals surface area contributed by atoms with Gasteiger partial charge in [0, 0.05) is 13.1 Å². The van der Waals surface area contributed by atoms with E-state index < -0.39 is 5.72 Å². The number of benzene rings is 1. The van der Waals surface area contributed by atoms with Crippen LogP contribution in [0, 0.1) is 0 Å². The van der Waals surface area contributed by atoms with Crippen LogP contribution in [-0.2, 0) is 10.5 Å². The predicted octanol–water partition coefficient (Wildman–Crippen LogP) is 1.18. The van der Waals surface area contributed by atoms with Crippen LogP contribution in [0.2, 0.25) is 0 Å². The molecule has 1 saturated heterocycles. The predicted molar refractivity (Wildman–Crippen MR) is 58.4 cm³/mol. The number of ether oxygens (including phenoxy) is 1. The first-order chi connectivity index (χ1) is 7.21. The number of hydrogen-bond acceptors (Lipinski definition) is 3. The second-order valence-corrected chi connectivity index (χ2v) is 3.99. The highest BCUT2D eigenvalue weighted by Crippen LogP contribution is 2.25. The van der Waals surface area contributed by atoms with Crippen molar-refractivity contribution in [3.63, 3.8) is 0 Å². The largest absolute Gasteiger partial charge is 0.379 e. The Hall–Kier alpha value is -0.900. The molecule has 0 aliphatic carbocycles. The minimum Gasteiger partial charge on any atom is -0.379 e. The van der Waals surface area contributed by atoms with Crippen LogP contribution in [-0.4, -0.2) is 36.3 Å². The maximum atomic E-state index is 10.5. The average molecular weight is 207 g/mol. The molecule has 1 atom stereocenters. The molecule has 15 heavy (non-hydrogen) atoms. The molecule has 1 aromatic carbocycles. The van der Waals surface area contributed by atoms with Crippen LogP contribution in [0.4, 0.5) is 0 Å². The van der Waals surface area contributed by atoms with Gasteiger partial charge in [-0.15, -0.1) is 0 Å². The average Bonchev–Trinajstić information content (AvgIpc) is 2.31. The Bertz CT molecular complexity index is 305. The molecule has 0 bridgehead atoms. The molecule has 3 heteroatoms. The van der Waals surface area contributed by atoms with Gasteiger partial charge >= 0.3 is 0 Å². The van der Waals surface area contributed by atoms with Crippen molar-refractivity contribution in [1.82, 2.24) is 4.90 Å². The first-order valence-corrected chi connectivity index (χ1v) is 5.32. The summed E-state index contributed by atoms with van der Waals surface area (Å²) in [4.78, 5) is 2.05. The quantitative estimate of drug-likeness (QED) is 0.790. The van der Waals surface area contributed by atoms with Gasteiger partial charge in [-0.05, 0) is 12.5 Å². The summed E-state index contributed by atoms with van der Waals surface area (Å²) in [5, 5.41) is 10.5. The lowest BCUT2D eigenvalue weighted by molar-refractivity contribution is -0.135. The maximum absolute atomic E-state index is 10.5. The van der Waals surface area contributed by atoms with E-state index in [1.807, 2.05) is 42.2 Å². The molecule has 1 aromatic rings. The van der Waals surface area contributed by atoms with E-state index in [0.29, 0.717) is 13.2 Å². The highest BCUT2D eigenvalue weighted by atomic mass is 16.5. The van der Waals surface area contributed by atoms with Crippen LogP contribution in [0.3, 0.4) is 0 Å². The normalized spacial score (nSPS) is 22.3. The van der Waals surface area contributed by atoms with E-state index in [-0.39, 0.29) is 0 Å². The Morgan fingerprint density at radius 3 is 2.40 bits per heavy atom. The van der Waals surface area contributed by atoms with Gasteiger partial charge in [0.2, 0.25) is 0 Å². The molecule has 1 unspecified atom stereocenters. The van der Waals surface area contributed by atoms with E-state index in [0.717, 1.165) is 18.7 Å². The van der Waals surface area contributed by atoms with Gasteiger partial charge in [0.25, 0.3) is 0 Å². The van der Waals surface area contributed by atoms with Crippen molar-refractivity contribution in [2.24, 2.45) is 0 Å². The van der Waals surface area contributed by atoms with Crippen molar-refractivity contribution >= 4 is 0 Å². The first-order valence-electron chi connectivity index (χ1n) is 5.32. The molecule has 0 aromatic heterocycles. The fraction of sp³-hybridized carbons (Fsp3) is 0.500. The van der Waals surface area contributed by atoms with Crippen LogP contribution in [0.1, 0.15) is 12.5 Å². The van der Waals surface area contributed by atoms with E-state index in [9.17, 15) is 5.11 Å². The third kappa shape index (κ3) is 2.20. The van der Waals surface area contributed by atoms with Crippen LogP contribution in [0.15, 0.2) is 30.3 Å². The number of rotatable bonds is 2. The molecule has 0 radical (unpaired) electrons. The molecule has 0 amide bonds. The summed E-state index contributed by atoms with van der Waals surface area (Å²) < 4.78 is 5.28. The topological polar surface area (TPSA) is 32.7 Å². The van der Waals surface area contributed by atoms with Crippen LogP contribution < -0.4 is 0 Å². The van der Waals surface area contributed by atoms with Gasteiger partial charge in [-0.2, -0.15) is 0 Å². The van der Waals surface area contributed by atoms with E-state index >= 15 is 0 Å². The Morgan fingerprint density at radius 2 is 1.80 bits per heavy atom. The molecule has 1 aliphatic rings. The maximum Gasteiger partial charge on any atom is 0.141 e. The molecule has 82 valence electrons. The second-order valence-electron chi connectivity index (χ2n) is 3.99. The molecule has 1 heterocycles. The van der Waals surface area contributed by atoms with Gasteiger partial charge < -0.3 is 9.84 Å². The highest BCUT2D eigenvalue weighted by molar-refractivity contribution is 5.20. The van der Waals surface area contributed by atoms with E-state index in [4.69, 9.17) is 4.74 Å². The molecule has 2 rings (SSSR count). The summed E-state index contributed by atoms with van der Waals surface area (Å²) in [7, 11) is 0. The second kappa shape index (κ2) is 4.31. The Balaban J connectivity index is 2.18. The van der Waals surface area contributed by atoms with Crippen molar-refractivity contribution in [3.05, 3.63) is 35.9 Å². The van der Waals surface area contributed by atoms with Crippen molar-refractivity contribution in [3.8, 4) is 0 Å². The van der Waals surface area contributed by atoms with E-state index in [1.54, 1.807) is 0 Å². The van der Waals surface area contributed by atoms with Crippen molar-refractivity contribution < 1.29 is 9.84 Å². The SMILES string of the molecule is CC(O)(c1ccccc1)N1CCOCC1. The van der Waals surface area contributed by atoms with Crippen molar-refractivity contribution in [2.75, 3.05) is 26.3 Å². The fourth-order valence-corrected chi connectivity index (χ4v) is 1.94. The zero-order chi connectivity index (χ0) is 10.7. The molecular formula is C12H17NO2. The lowest BCUT2D eigenvalue weighted by Gasteiger charge is -2.39. The number of aliphatic hydroxyl groups is 1. The molecule has 0 spiro atoms.